The molecule has 2 aromatic carbocycles. The second-order valence-corrected chi connectivity index (χ2v) is 6.84. The topological polar surface area (TPSA) is 60.2 Å². The smallest absolute Gasteiger partial charge is 0.233 e. The predicted octanol–water partition coefficient (Wildman–Crippen LogP) is 3.03. The molecule has 0 aliphatic rings. The normalized spacial score (nSPS) is 10.7. The Hall–Kier alpha value is -2.64. The third kappa shape index (κ3) is 5.42. The van der Waals surface area contributed by atoms with E-state index in [0.29, 0.717) is 30.6 Å². The Balaban J connectivity index is 1.65. The van der Waals surface area contributed by atoms with Gasteiger partial charge >= 0.3 is 0 Å². The Bertz CT molecular complexity index is 839. The van der Waals surface area contributed by atoms with Crippen LogP contribution in [0.5, 0.6) is 0 Å². The first-order chi connectivity index (χ1) is 13.3. The molecule has 140 valence electrons. The van der Waals surface area contributed by atoms with E-state index >= 15 is 0 Å². The minimum atomic E-state index is 0.0449. The van der Waals surface area contributed by atoms with Crippen LogP contribution in [-0.2, 0) is 16.1 Å². The highest BCUT2D eigenvalue weighted by molar-refractivity contribution is 7.99. The monoisotopic (exact) mass is 382 g/mol. The van der Waals surface area contributed by atoms with Gasteiger partial charge in [-0.05, 0) is 17.7 Å². The molecule has 0 spiro atoms. The summed E-state index contributed by atoms with van der Waals surface area (Å²) in [6, 6.07) is 19.8. The second kappa shape index (κ2) is 9.89. The van der Waals surface area contributed by atoms with Gasteiger partial charge in [0, 0.05) is 25.9 Å². The lowest BCUT2D eigenvalue weighted by Crippen LogP contribution is -2.34. The van der Waals surface area contributed by atoms with Crippen molar-refractivity contribution in [3.8, 4) is 5.69 Å². The first kappa shape index (κ1) is 19.1. The highest BCUT2D eigenvalue weighted by Crippen LogP contribution is 2.20. The van der Waals surface area contributed by atoms with Crippen LogP contribution in [0.1, 0.15) is 5.56 Å². The minimum Gasteiger partial charge on any atom is -0.383 e. The lowest BCUT2D eigenvalue weighted by Gasteiger charge is -2.22. The van der Waals surface area contributed by atoms with Gasteiger partial charge in [0.1, 0.15) is 6.33 Å². The highest BCUT2D eigenvalue weighted by Gasteiger charge is 2.16. The van der Waals surface area contributed by atoms with Gasteiger partial charge in [0.15, 0.2) is 5.16 Å². The number of thioether (sulfide) groups is 1. The van der Waals surface area contributed by atoms with Gasteiger partial charge in [0.2, 0.25) is 5.91 Å². The molecule has 3 rings (SSSR count). The summed E-state index contributed by atoms with van der Waals surface area (Å²) < 4.78 is 7.04. The maximum Gasteiger partial charge on any atom is 0.233 e. The number of nitrogens with zero attached hydrogens (tertiary/aromatic N) is 4. The first-order valence-electron chi connectivity index (χ1n) is 8.67. The molecule has 0 N–H and O–H groups in total. The summed E-state index contributed by atoms with van der Waals surface area (Å²) in [5, 5.41) is 8.83. The molecule has 27 heavy (non-hydrogen) atoms. The van der Waals surface area contributed by atoms with Crippen molar-refractivity contribution in [3.05, 3.63) is 72.6 Å². The van der Waals surface area contributed by atoms with Crippen LogP contribution in [0.3, 0.4) is 0 Å². The number of amides is 1. The third-order valence-electron chi connectivity index (χ3n) is 4.01. The van der Waals surface area contributed by atoms with Gasteiger partial charge in [-0.25, -0.2) is 0 Å². The predicted molar refractivity (Wildman–Crippen MR) is 106 cm³/mol. The van der Waals surface area contributed by atoms with Crippen LogP contribution >= 0.6 is 11.8 Å². The number of carbonyl (C=O) groups excluding carboxylic acids is 1. The zero-order valence-corrected chi connectivity index (χ0v) is 16.0. The first-order valence-corrected chi connectivity index (χ1v) is 9.65. The van der Waals surface area contributed by atoms with Gasteiger partial charge in [-0.2, -0.15) is 0 Å². The molecule has 0 aliphatic heterocycles. The van der Waals surface area contributed by atoms with Crippen LogP contribution in [0, 0.1) is 0 Å². The van der Waals surface area contributed by atoms with Gasteiger partial charge in [-0.1, -0.05) is 60.3 Å². The SMILES string of the molecule is COCCN(Cc1ccccc1)C(=O)CSc1nncn1-c1ccccc1. The molecule has 0 radical (unpaired) electrons. The molecule has 6 nitrogen and oxygen atoms in total. The molecule has 1 amide bonds. The van der Waals surface area contributed by atoms with E-state index in [1.54, 1.807) is 13.4 Å². The molecule has 0 unspecified atom stereocenters. The van der Waals surface area contributed by atoms with Crippen molar-refractivity contribution in [2.75, 3.05) is 26.0 Å². The van der Waals surface area contributed by atoms with E-state index in [-0.39, 0.29) is 5.91 Å². The number of carbonyl (C=O) groups is 1. The fraction of sp³-hybridized carbons (Fsp3) is 0.250. The number of aromatic nitrogens is 3. The number of hydrogen-bond donors (Lipinski definition) is 0. The van der Waals surface area contributed by atoms with Crippen LogP contribution in [-0.4, -0.2) is 51.6 Å². The summed E-state index contributed by atoms with van der Waals surface area (Å²) in [6.45, 7) is 1.62. The molecule has 0 bridgehead atoms. The number of benzene rings is 2. The Morgan fingerprint density at radius 1 is 1.11 bits per heavy atom. The molecule has 1 aromatic heterocycles. The number of methoxy groups -OCH3 is 1. The van der Waals surface area contributed by atoms with Crippen LogP contribution in [0.15, 0.2) is 72.1 Å². The van der Waals surface area contributed by atoms with Crippen LogP contribution in [0.25, 0.3) is 5.69 Å². The summed E-state index contributed by atoms with van der Waals surface area (Å²) in [6.07, 6.45) is 1.66. The molecule has 0 atom stereocenters. The summed E-state index contributed by atoms with van der Waals surface area (Å²) in [4.78, 5) is 14.6. The summed E-state index contributed by atoms with van der Waals surface area (Å²) in [7, 11) is 1.64. The largest absolute Gasteiger partial charge is 0.383 e. The number of para-hydroxylation sites is 1. The molecular weight excluding hydrogens is 360 g/mol. The number of ether oxygens (including phenoxy) is 1. The lowest BCUT2D eigenvalue weighted by atomic mass is 10.2. The fourth-order valence-electron chi connectivity index (χ4n) is 2.60. The molecule has 0 saturated carbocycles. The quantitative estimate of drug-likeness (QED) is 0.533. The Morgan fingerprint density at radius 2 is 1.81 bits per heavy atom. The standard InChI is InChI=1S/C20H22N4O2S/c1-26-13-12-23(14-17-8-4-2-5-9-17)19(25)15-27-20-22-21-16-24(20)18-10-6-3-7-11-18/h2-11,16H,12-15H2,1H3. The van der Waals surface area contributed by atoms with Crippen molar-refractivity contribution in [3.63, 3.8) is 0 Å². The van der Waals surface area contributed by atoms with Crippen molar-refractivity contribution in [1.29, 1.82) is 0 Å². The van der Waals surface area contributed by atoms with E-state index in [4.69, 9.17) is 4.74 Å². The molecule has 7 heteroatoms. The molecule has 1 heterocycles. The summed E-state index contributed by atoms with van der Waals surface area (Å²) >= 11 is 1.39. The van der Waals surface area contributed by atoms with E-state index in [9.17, 15) is 4.79 Å². The third-order valence-corrected chi connectivity index (χ3v) is 4.94. The van der Waals surface area contributed by atoms with E-state index in [2.05, 4.69) is 10.2 Å². The average Bonchev–Trinajstić information content (AvgIpc) is 3.19. The van der Waals surface area contributed by atoms with E-state index in [1.807, 2.05) is 70.1 Å². The van der Waals surface area contributed by atoms with Gasteiger partial charge in [-0.15, -0.1) is 10.2 Å². The highest BCUT2D eigenvalue weighted by atomic mass is 32.2. The lowest BCUT2D eigenvalue weighted by molar-refractivity contribution is -0.129. The Labute approximate surface area is 163 Å². The van der Waals surface area contributed by atoms with Crippen LogP contribution in [0.4, 0.5) is 0 Å². The van der Waals surface area contributed by atoms with Gasteiger partial charge < -0.3 is 9.64 Å². The molecule has 0 aliphatic carbocycles. The summed E-state index contributed by atoms with van der Waals surface area (Å²) in [5.41, 5.74) is 2.07. The van der Waals surface area contributed by atoms with Crippen molar-refractivity contribution >= 4 is 17.7 Å². The molecule has 0 fully saturated rings. The van der Waals surface area contributed by atoms with E-state index in [0.717, 1.165) is 11.3 Å². The molecular formula is C20H22N4O2S. The van der Waals surface area contributed by atoms with Gasteiger partial charge in [-0.3, -0.25) is 9.36 Å². The minimum absolute atomic E-state index is 0.0449. The number of rotatable bonds is 9. The van der Waals surface area contributed by atoms with Crippen LogP contribution in [0.2, 0.25) is 0 Å². The zero-order chi connectivity index (χ0) is 18.9. The fourth-order valence-corrected chi connectivity index (χ4v) is 3.43. The van der Waals surface area contributed by atoms with E-state index in [1.165, 1.54) is 11.8 Å². The maximum absolute atomic E-state index is 12.8. The zero-order valence-electron chi connectivity index (χ0n) is 15.2. The van der Waals surface area contributed by atoms with Gasteiger partial charge in [0.25, 0.3) is 0 Å². The Morgan fingerprint density at radius 3 is 2.52 bits per heavy atom. The van der Waals surface area contributed by atoms with E-state index < -0.39 is 0 Å². The van der Waals surface area contributed by atoms with Gasteiger partial charge in [0.05, 0.1) is 12.4 Å². The second-order valence-electron chi connectivity index (χ2n) is 5.90. The maximum atomic E-state index is 12.8. The number of hydrogen-bond acceptors (Lipinski definition) is 5. The van der Waals surface area contributed by atoms with Crippen LogP contribution < -0.4 is 0 Å². The van der Waals surface area contributed by atoms with Crippen molar-refractivity contribution in [1.82, 2.24) is 19.7 Å². The molecule has 3 aromatic rings. The molecule has 0 saturated heterocycles. The Kier molecular flexibility index (Phi) is 7.01. The average molecular weight is 382 g/mol. The van der Waals surface area contributed by atoms with Crippen molar-refractivity contribution < 1.29 is 9.53 Å². The van der Waals surface area contributed by atoms with Crippen molar-refractivity contribution in [2.24, 2.45) is 0 Å². The summed E-state index contributed by atoms with van der Waals surface area (Å²) in [5.74, 6) is 0.339. The van der Waals surface area contributed by atoms with Crippen molar-refractivity contribution in [2.45, 2.75) is 11.7 Å².